The Morgan fingerprint density at radius 2 is 2.25 bits per heavy atom. The van der Waals surface area contributed by atoms with Gasteiger partial charge in [0.05, 0.1) is 6.20 Å². The molecule has 0 saturated carbocycles. The molecule has 0 spiro atoms. The van der Waals surface area contributed by atoms with Gasteiger partial charge in [0.1, 0.15) is 5.82 Å². The number of benzene rings is 1. The Balaban J connectivity index is 2.21. The number of nitrogen functional groups attached to an aromatic ring is 1. The van der Waals surface area contributed by atoms with Crippen molar-refractivity contribution in [1.82, 2.24) is 10.2 Å². The monoisotopic (exact) mass is 236 g/mol. The Morgan fingerprint density at radius 1 is 1.44 bits per heavy atom. The van der Waals surface area contributed by atoms with Crippen LogP contribution in [-0.2, 0) is 0 Å². The Hall–Kier alpha value is -2.01. The summed E-state index contributed by atoms with van der Waals surface area (Å²) in [7, 11) is 0. The molecule has 4 N–H and O–H groups in total. The van der Waals surface area contributed by atoms with E-state index in [1.807, 2.05) is 0 Å². The highest BCUT2D eigenvalue weighted by Gasteiger charge is 2.08. The van der Waals surface area contributed by atoms with Crippen molar-refractivity contribution >= 4 is 29.0 Å². The quantitative estimate of drug-likeness (QED) is 0.697. The third kappa shape index (κ3) is 2.32. The van der Waals surface area contributed by atoms with Gasteiger partial charge < -0.3 is 11.1 Å². The molecule has 1 aromatic carbocycles. The second-order valence-electron chi connectivity index (χ2n) is 3.20. The molecular formula is C10H9ClN4O. The molecule has 16 heavy (non-hydrogen) atoms. The van der Waals surface area contributed by atoms with Crippen molar-refractivity contribution in [1.29, 1.82) is 0 Å². The first-order valence-corrected chi connectivity index (χ1v) is 4.90. The topological polar surface area (TPSA) is 83.8 Å². The number of nitrogens with two attached hydrogens (primary N) is 1. The number of aromatic amines is 1. The highest BCUT2D eigenvalue weighted by Crippen LogP contribution is 2.17. The third-order valence-corrected chi connectivity index (χ3v) is 2.15. The molecule has 2 aromatic rings. The minimum absolute atomic E-state index is 0.293. The first-order valence-electron chi connectivity index (χ1n) is 4.52. The molecule has 0 unspecified atom stereocenters. The van der Waals surface area contributed by atoms with Crippen molar-refractivity contribution in [3.8, 4) is 0 Å². The van der Waals surface area contributed by atoms with Crippen molar-refractivity contribution in [3.05, 3.63) is 41.0 Å². The van der Waals surface area contributed by atoms with Crippen LogP contribution >= 0.6 is 11.6 Å². The fraction of sp³-hybridized carbons (Fsp3) is 0. The summed E-state index contributed by atoms with van der Waals surface area (Å²) in [4.78, 5) is 11.7. The van der Waals surface area contributed by atoms with E-state index in [2.05, 4.69) is 15.5 Å². The van der Waals surface area contributed by atoms with Crippen LogP contribution in [0.5, 0.6) is 0 Å². The smallest absolute Gasteiger partial charge is 0.256 e. The predicted octanol–water partition coefficient (Wildman–Crippen LogP) is 1.90. The number of nitrogens with zero attached hydrogens (tertiary/aromatic N) is 1. The maximum absolute atomic E-state index is 11.7. The van der Waals surface area contributed by atoms with E-state index in [-0.39, 0.29) is 5.91 Å². The van der Waals surface area contributed by atoms with Gasteiger partial charge in [0, 0.05) is 22.3 Å². The van der Waals surface area contributed by atoms with Crippen molar-refractivity contribution < 1.29 is 4.79 Å². The number of carbonyl (C=O) groups is 1. The van der Waals surface area contributed by atoms with Crippen LogP contribution in [0.25, 0.3) is 0 Å². The van der Waals surface area contributed by atoms with Crippen LogP contribution in [-0.4, -0.2) is 16.1 Å². The van der Waals surface area contributed by atoms with Gasteiger partial charge in [-0.3, -0.25) is 9.89 Å². The lowest BCUT2D eigenvalue weighted by atomic mass is 10.2. The van der Waals surface area contributed by atoms with Gasteiger partial charge in [0.2, 0.25) is 0 Å². The van der Waals surface area contributed by atoms with E-state index in [0.717, 1.165) is 0 Å². The van der Waals surface area contributed by atoms with Gasteiger partial charge in [0.15, 0.2) is 0 Å². The van der Waals surface area contributed by atoms with Gasteiger partial charge in [-0.2, -0.15) is 5.10 Å². The molecule has 1 heterocycles. The summed E-state index contributed by atoms with van der Waals surface area (Å²) >= 11 is 5.80. The number of hydrogen-bond donors (Lipinski definition) is 3. The SMILES string of the molecule is Nc1cc(Cl)cc(C(=O)Nc2ccn[nH]2)c1. The normalized spacial score (nSPS) is 10.1. The van der Waals surface area contributed by atoms with Crippen LogP contribution in [0.2, 0.25) is 5.02 Å². The molecule has 0 fully saturated rings. The summed E-state index contributed by atoms with van der Waals surface area (Å²) in [5.41, 5.74) is 6.43. The fourth-order valence-corrected chi connectivity index (χ4v) is 1.51. The van der Waals surface area contributed by atoms with E-state index in [4.69, 9.17) is 17.3 Å². The van der Waals surface area contributed by atoms with Crippen LogP contribution in [0.1, 0.15) is 10.4 Å². The zero-order valence-electron chi connectivity index (χ0n) is 8.20. The number of anilines is 2. The van der Waals surface area contributed by atoms with E-state index >= 15 is 0 Å². The third-order valence-electron chi connectivity index (χ3n) is 1.93. The Labute approximate surface area is 96.6 Å². The molecule has 5 nitrogen and oxygen atoms in total. The molecule has 0 atom stereocenters. The summed E-state index contributed by atoms with van der Waals surface area (Å²) < 4.78 is 0. The lowest BCUT2D eigenvalue weighted by Gasteiger charge is -2.04. The summed E-state index contributed by atoms with van der Waals surface area (Å²) in [5, 5.41) is 9.38. The number of hydrogen-bond acceptors (Lipinski definition) is 3. The predicted molar refractivity (Wildman–Crippen MR) is 62.4 cm³/mol. The number of carbonyl (C=O) groups excluding carboxylic acids is 1. The van der Waals surface area contributed by atoms with Gasteiger partial charge in [-0.1, -0.05) is 11.6 Å². The Bertz CT molecular complexity index is 489. The van der Waals surface area contributed by atoms with Gasteiger partial charge in [-0.25, -0.2) is 0 Å². The van der Waals surface area contributed by atoms with Gasteiger partial charge in [0.25, 0.3) is 5.91 Å². The Kier molecular flexibility index (Phi) is 2.78. The minimum atomic E-state index is -0.293. The van der Waals surface area contributed by atoms with Crippen molar-refractivity contribution in [2.45, 2.75) is 0 Å². The molecule has 2 rings (SSSR count). The largest absolute Gasteiger partial charge is 0.399 e. The average molecular weight is 237 g/mol. The highest BCUT2D eigenvalue weighted by molar-refractivity contribution is 6.31. The molecule has 1 aromatic heterocycles. The van der Waals surface area contributed by atoms with E-state index < -0.39 is 0 Å². The van der Waals surface area contributed by atoms with E-state index in [1.54, 1.807) is 30.5 Å². The maximum Gasteiger partial charge on any atom is 0.256 e. The molecule has 6 heteroatoms. The number of amides is 1. The molecule has 0 aliphatic carbocycles. The second-order valence-corrected chi connectivity index (χ2v) is 3.63. The number of halogens is 1. The molecule has 0 radical (unpaired) electrons. The number of nitrogens with one attached hydrogen (secondary N) is 2. The molecule has 0 aliphatic rings. The zero-order chi connectivity index (χ0) is 11.5. The van der Waals surface area contributed by atoms with Crippen LogP contribution in [0, 0.1) is 0 Å². The lowest BCUT2D eigenvalue weighted by Crippen LogP contribution is -2.12. The molecule has 1 amide bonds. The summed E-state index contributed by atoms with van der Waals surface area (Å²) in [6.45, 7) is 0. The van der Waals surface area contributed by atoms with Crippen LogP contribution in [0.15, 0.2) is 30.5 Å². The summed E-state index contributed by atoms with van der Waals surface area (Å²) in [5.74, 6) is 0.224. The number of aromatic nitrogens is 2. The zero-order valence-corrected chi connectivity index (χ0v) is 8.95. The lowest BCUT2D eigenvalue weighted by molar-refractivity contribution is 0.102. The molecule has 0 aliphatic heterocycles. The van der Waals surface area contributed by atoms with Gasteiger partial charge in [-0.15, -0.1) is 0 Å². The molecule has 82 valence electrons. The van der Waals surface area contributed by atoms with Crippen LogP contribution in [0.4, 0.5) is 11.5 Å². The molecule has 0 bridgehead atoms. The fourth-order valence-electron chi connectivity index (χ4n) is 1.26. The van der Waals surface area contributed by atoms with Crippen LogP contribution in [0.3, 0.4) is 0 Å². The number of rotatable bonds is 2. The molecular weight excluding hydrogens is 228 g/mol. The standard InChI is InChI=1S/C10H9ClN4O/c11-7-3-6(4-8(12)5-7)10(16)14-9-1-2-13-15-9/h1-5H,12H2,(H2,13,14,15,16). The van der Waals surface area contributed by atoms with Crippen molar-refractivity contribution in [3.63, 3.8) is 0 Å². The van der Waals surface area contributed by atoms with E-state index in [1.165, 1.54) is 0 Å². The minimum Gasteiger partial charge on any atom is -0.399 e. The van der Waals surface area contributed by atoms with Gasteiger partial charge >= 0.3 is 0 Å². The number of H-pyrrole nitrogens is 1. The highest BCUT2D eigenvalue weighted by atomic mass is 35.5. The molecule has 0 saturated heterocycles. The summed E-state index contributed by atoms with van der Waals surface area (Å²) in [6, 6.07) is 6.32. The second kappa shape index (κ2) is 4.24. The summed E-state index contributed by atoms with van der Waals surface area (Å²) in [6.07, 6.45) is 1.54. The first kappa shape index (κ1) is 10.5. The maximum atomic E-state index is 11.7. The van der Waals surface area contributed by atoms with Crippen molar-refractivity contribution in [2.24, 2.45) is 0 Å². The van der Waals surface area contributed by atoms with Crippen molar-refractivity contribution in [2.75, 3.05) is 11.1 Å². The van der Waals surface area contributed by atoms with Crippen LogP contribution < -0.4 is 11.1 Å². The Morgan fingerprint density at radius 3 is 2.88 bits per heavy atom. The van der Waals surface area contributed by atoms with Gasteiger partial charge in [-0.05, 0) is 18.2 Å². The first-order chi connectivity index (χ1) is 7.65. The van der Waals surface area contributed by atoms with E-state index in [9.17, 15) is 4.79 Å². The average Bonchev–Trinajstić information content (AvgIpc) is 2.68. The van der Waals surface area contributed by atoms with E-state index in [0.29, 0.717) is 22.1 Å².